The van der Waals surface area contributed by atoms with Gasteiger partial charge in [-0.15, -0.1) is 0 Å². The van der Waals surface area contributed by atoms with Gasteiger partial charge in [0.05, 0.1) is 5.56 Å². The van der Waals surface area contributed by atoms with Crippen LogP contribution in [0.1, 0.15) is 46.8 Å². The van der Waals surface area contributed by atoms with Crippen LogP contribution in [-0.2, 0) is 0 Å². The molecule has 0 bridgehead atoms. The van der Waals surface area contributed by atoms with Gasteiger partial charge in [-0.1, -0.05) is 43.7 Å². The normalized spacial score (nSPS) is 10.7. The topological polar surface area (TPSA) is 26.3 Å². The Morgan fingerprint density at radius 2 is 1.70 bits per heavy atom. The molecule has 0 saturated carbocycles. The van der Waals surface area contributed by atoms with Gasteiger partial charge in [-0.05, 0) is 49.1 Å². The third kappa shape index (κ3) is 3.27. The van der Waals surface area contributed by atoms with E-state index in [1.807, 2.05) is 50.2 Å². The predicted molar refractivity (Wildman–Crippen MR) is 81.4 cm³/mol. The molecule has 2 nitrogen and oxygen atoms in total. The van der Waals surface area contributed by atoms with Gasteiger partial charge in [0, 0.05) is 0 Å². The van der Waals surface area contributed by atoms with Gasteiger partial charge in [-0.3, -0.25) is 0 Å². The zero-order valence-corrected chi connectivity index (χ0v) is 12.4. The maximum Gasteiger partial charge on any atom is 0.343 e. The maximum atomic E-state index is 12.2. The largest absolute Gasteiger partial charge is 0.423 e. The highest BCUT2D eigenvalue weighted by molar-refractivity contribution is 5.91. The summed E-state index contributed by atoms with van der Waals surface area (Å²) >= 11 is 0. The van der Waals surface area contributed by atoms with E-state index in [0.29, 0.717) is 17.2 Å². The molecule has 0 aromatic heterocycles. The van der Waals surface area contributed by atoms with Crippen molar-refractivity contribution in [1.82, 2.24) is 0 Å². The predicted octanol–water partition coefficient (Wildman–Crippen LogP) is 4.65. The Balaban J connectivity index is 2.30. The molecule has 2 aromatic rings. The lowest BCUT2D eigenvalue weighted by Crippen LogP contribution is -2.10. The molecule has 2 rings (SSSR count). The molecule has 0 aliphatic rings. The highest BCUT2D eigenvalue weighted by Gasteiger charge is 2.13. The van der Waals surface area contributed by atoms with E-state index < -0.39 is 0 Å². The van der Waals surface area contributed by atoms with Crippen molar-refractivity contribution < 1.29 is 9.53 Å². The molecule has 20 heavy (non-hydrogen) atoms. The van der Waals surface area contributed by atoms with E-state index in [4.69, 9.17) is 4.74 Å². The van der Waals surface area contributed by atoms with Crippen LogP contribution >= 0.6 is 0 Å². The average Bonchev–Trinajstić information content (AvgIpc) is 2.38. The lowest BCUT2D eigenvalue weighted by atomic mass is 10.0. The molecular weight excluding hydrogens is 248 g/mol. The summed E-state index contributed by atoms with van der Waals surface area (Å²) in [5.74, 6) is 0.670. The Morgan fingerprint density at radius 3 is 2.35 bits per heavy atom. The van der Waals surface area contributed by atoms with Crippen molar-refractivity contribution in [2.24, 2.45) is 0 Å². The number of rotatable bonds is 3. The fourth-order valence-corrected chi connectivity index (χ4v) is 2.14. The Bertz CT molecular complexity index is 627. The molecule has 0 unspecified atom stereocenters. The van der Waals surface area contributed by atoms with E-state index in [9.17, 15) is 4.79 Å². The first-order valence-corrected chi connectivity index (χ1v) is 6.87. The van der Waals surface area contributed by atoms with Crippen LogP contribution in [0.15, 0.2) is 42.5 Å². The van der Waals surface area contributed by atoms with E-state index in [1.54, 1.807) is 6.07 Å². The number of carbonyl (C=O) groups is 1. The molecule has 0 aliphatic heterocycles. The number of benzene rings is 2. The average molecular weight is 268 g/mol. The van der Waals surface area contributed by atoms with Crippen LogP contribution in [0.4, 0.5) is 0 Å². The first-order valence-electron chi connectivity index (χ1n) is 6.87. The van der Waals surface area contributed by atoms with Crippen LogP contribution in [0.25, 0.3) is 0 Å². The second-order valence-electron chi connectivity index (χ2n) is 5.45. The minimum atomic E-state index is -0.304. The second-order valence-corrected chi connectivity index (χ2v) is 5.45. The standard InChI is InChI=1S/C18H20O2/c1-12(2)16-9-8-14(4)11-17(16)20-18(19)15-7-5-6-13(3)10-15/h5-12H,1-4H3. The van der Waals surface area contributed by atoms with Crippen LogP contribution in [0.2, 0.25) is 0 Å². The minimum absolute atomic E-state index is 0.304. The summed E-state index contributed by atoms with van der Waals surface area (Å²) in [7, 11) is 0. The van der Waals surface area contributed by atoms with Crippen LogP contribution in [0.5, 0.6) is 5.75 Å². The second kappa shape index (κ2) is 5.91. The van der Waals surface area contributed by atoms with Gasteiger partial charge in [0.25, 0.3) is 0 Å². The van der Waals surface area contributed by atoms with Gasteiger partial charge in [0.1, 0.15) is 5.75 Å². The summed E-state index contributed by atoms with van der Waals surface area (Å²) in [4.78, 5) is 12.2. The molecule has 0 aliphatic carbocycles. The third-order valence-corrected chi connectivity index (χ3v) is 3.25. The molecule has 2 heteroatoms. The van der Waals surface area contributed by atoms with Crippen molar-refractivity contribution in [3.8, 4) is 5.75 Å². The maximum absolute atomic E-state index is 12.2. The summed E-state index contributed by atoms with van der Waals surface area (Å²) < 4.78 is 5.59. The van der Waals surface area contributed by atoms with Crippen molar-refractivity contribution in [3.63, 3.8) is 0 Å². The molecule has 0 saturated heterocycles. The van der Waals surface area contributed by atoms with Crippen molar-refractivity contribution in [1.29, 1.82) is 0 Å². The van der Waals surface area contributed by atoms with Crippen LogP contribution in [-0.4, -0.2) is 5.97 Å². The van der Waals surface area contributed by atoms with Crippen molar-refractivity contribution in [2.75, 3.05) is 0 Å². The number of esters is 1. The number of hydrogen-bond acceptors (Lipinski definition) is 2. The Hall–Kier alpha value is -2.09. The fourth-order valence-electron chi connectivity index (χ4n) is 2.14. The van der Waals surface area contributed by atoms with E-state index >= 15 is 0 Å². The lowest BCUT2D eigenvalue weighted by Gasteiger charge is -2.13. The van der Waals surface area contributed by atoms with E-state index in [2.05, 4.69) is 13.8 Å². The van der Waals surface area contributed by atoms with Crippen molar-refractivity contribution in [2.45, 2.75) is 33.6 Å². The van der Waals surface area contributed by atoms with Gasteiger partial charge >= 0.3 is 5.97 Å². The summed E-state index contributed by atoms with van der Waals surface area (Å²) in [5.41, 5.74) is 3.77. The quantitative estimate of drug-likeness (QED) is 0.598. The van der Waals surface area contributed by atoms with Crippen LogP contribution < -0.4 is 4.74 Å². The lowest BCUT2D eigenvalue weighted by molar-refractivity contribution is 0.0732. The van der Waals surface area contributed by atoms with Gasteiger partial charge in [-0.2, -0.15) is 0 Å². The Labute approximate surface area is 120 Å². The molecule has 0 heterocycles. The van der Waals surface area contributed by atoms with Gasteiger partial charge in [0.2, 0.25) is 0 Å². The molecule has 2 aromatic carbocycles. The monoisotopic (exact) mass is 268 g/mol. The smallest absolute Gasteiger partial charge is 0.343 e. The van der Waals surface area contributed by atoms with Gasteiger partial charge < -0.3 is 4.74 Å². The van der Waals surface area contributed by atoms with E-state index in [1.165, 1.54) is 0 Å². The third-order valence-electron chi connectivity index (χ3n) is 3.25. The van der Waals surface area contributed by atoms with Crippen LogP contribution in [0.3, 0.4) is 0 Å². The molecule has 0 spiro atoms. The SMILES string of the molecule is Cc1cccc(C(=O)Oc2cc(C)ccc2C(C)C)c1. The Kier molecular flexibility index (Phi) is 4.23. The highest BCUT2D eigenvalue weighted by Crippen LogP contribution is 2.28. The number of carbonyl (C=O) groups excluding carboxylic acids is 1. The van der Waals surface area contributed by atoms with Crippen molar-refractivity contribution in [3.05, 3.63) is 64.7 Å². The molecule has 0 radical (unpaired) electrons. The van der Waals surface area contributed by atoms with E-state index in [0.717, 1.165) is 16.7 Å². The zero-order chi connectivity index (χ0) is 14.7. The Morgan fingerprint density at radius 1 is 1.00 bits per heavy atom. The number of aryl methyl sites for hydroxylation is 2. The fraction of sp³-hybridized carbons (Fsp3) is 0.278. The first-order chi connectivity index (χ1) is 9.47. The van der Waals surface area contributed by atoms with Gasteiger partial charge in [0.15, 0.2) is 0 Å². The van der Waals surface area contributed by atoms with Crippen molar-refractivity contribution >= 4 is 5.97 Å². The number of ether oxygens (including phenoxy) is 1. The van der Waals surface area contributed by atoms with E-state index in [-0.39, 0.29) is 5.97 Å². The molecule has 0 N–H and O–H groups in total. The summed E-state index contributed by atoms with van der Waals surface area (Å²) in [5, 5.41) is 0. The summed E-state index contributed by atoms with van der Waals surface area (Å²) in [6, 6.07) is 13.4. The number of hydrogen-bond donors (Lipinski definition) is 0. The van der Waals surface area contributed by atoms with Crippen LogP contribution in [0, 0.1) is 13.8 Å². The molecule has 0 fully saturated rings. The zero-order valence-electron chi connectivity index (χ0n) is 12.4. The molecule has 104 valence electrons. The summed E-state index contributed by atoms with van der Waals surface area (Å²) in [6.45, 7) is 8.14. The molecule has 0 amide bonds. The summed E-state index contributed by atoms with van der Waals surface area (Å²) in [6.07, 6.45) is 0. The molecular formula is C18H20O2. The van der Waals surface area contributed by atoms with Gasteiger partial charge in [-0.25, -0.2) is 4.79 Å². The highest BCUT2D eigenvalue weighted by atomic mass is 16.5. The minimum Gasteiger partial charge on any atom is -0.423 e. The molecule has 0 atom stereocenters. The first kappa shape index (κ1) is 14.3.